The Labute approximate surface area is 105 Å². The fourth-order valence-electron chi connectivity index (χ4n) is 1.83. The molecule has 1 aromatic rings. The number of aromatic nitrogens is 1. The average Bonchev–Trinajstić information content (AvgIpc) is 2.39. The number of amides is 1. The van der Waals surface area contributed by atoms with Gasteiger partial charge in [0.25, 0.3) is 0 Å². The van der Waals surface area contributed by atoms with E-state index in [1.54, 1.807) is 24.5 Å². The van der Waals surface area contributed by atoms with Crippen LogP contribution in [-0.4, -0.2) is 42.5 Å². The molecule has 6 nitrogen and oxygen atoms in total. The van der Waals surface area contributed by atoms with Crippen LogP contribution < -0.4 is 10.6 Å². The van der Waals surface area contributed by atoms with Crippen LogP contribution in [0.4, 0.5) is 5.69 Å². The van der Waals surface area contributed by atoms with Gasteiger partial charge in [-0.2, -0.15) is 0 Å². The minimum atomic E-state index is -0.510. The third kappa shape index (κ3) is 2.91. The minimum Gasteiger partial charge on any atom is -0.372 e. The molecule has 2 atom stereocenters. The number of hydrogen-bond donors (Lipinski definition) is 2. The lowest BCUT2D eigenvalue weighted by Gasteiger charge is -2.27. The summed E-state index contributed by atoms with van der Waals surface area (Å²) in [6, 6.07) is 2.97. The van der Waals surface area contributed by atoms with Gasteiger partial charge < -0.3 is 15.4 Å². The van der Waals surface area contributed by atoms with Crippen LogP contribution in [0.25, 0.3) is 0 Å². The van der Waals surface area contributed by atoms with E-state index in [4.69, 9.17) is 4.74 Å². The van der Waals surface area contributed by atoms with Crippen molar-refractivity contribution in [3.63, 3.8) is 0 Å². The molecular weight excluding hydrogens is 234 g/mol. The molecule has 0 aliphatic carbocycles. The molecule has 1 fully saturated rings. The molecule has 0 aromatic carbocycles. The lowest BCUT2D eigenvalue weighted by Crippen LogP contribution is -2.53. The third-order valence-corrected chi connectivity index (χ3v) is 2.84. The Kier molecular flexibility index (Phi) is 4.01. The molecule has 1 aliphatic heterocycles. The number of pyridine rings is 1. The van der Waals surface area contributed by atoms with Gasteiger partial charge in [0.1, 0.15) is 6.10 Å². The first-order valence-electron chi connectivity index (χ1n) is 5.70. The SMILES string of the molecule is COC1CNC(C(=O)Nc2cccnc2)CC1=O. The van der Waals surface area contributed by atoms with E-state index in [9.17, 15) is 9.59 Å². The molecular formula is C12H15N3O3. The quantitative estimate of drug-likeness (QED) is 0.786. The number of piperidine rings is 1. The first-order valence-corrected chi connectivity index (χ1v) is 5.70. The summed E-state index contributed by atoms with van der Waals surface area (Å²) in [5, 5.41) is 5.70. The molecule has 0 radical (unpaired) electrons. The Morgan fingerprint density at radius 3 is 3.06 bits per heavy atom. The van der Waals surface area contributed by atoms with Gasteiger partial charge in [-0.15, -0.1) is 0 Å². The molecule has 1 aromatic heterocycles. The summed E-state index contributed by atoms with van der Waals surface area (Å²) in [6.45, 7) is 0.362. The Morgan fingerprint density at radius 2 is 2.44 bits per heavy atom. The fraction of sp³-hybridized carbons (Fsp3) is 0.417. The zero-order valence-corrected chi connectivity index (χ0v) is 10.1. The van der Waals surface area contributed by atoms with Gasteiger partial charge in [0.2, 0.25) is 5.91 Å². The largest absolute Gasteiger partial charge is 0.372 e. The summed E-state index contributed by atoms with van der Waals surface area (Å²) in [7, 11) is 1.49. The maximum absolute atomic E-state index is 11.9. The molecule has 2 rings (SSSR count). The minimum absolute atomic E-state index is 0.0532. The average molecular weight is 249 g/mol. The summed E-state index contributed by atoms with van der Waals surface area (Å²) in [5.74, 6) is -0.284. The highest BCUT2D eigenvalue weighted by Gasteiger charge is 2.31. The van der Waals surface area contributed by atoms with E-state index in [0.717, 1.165) is 0 Å². The number of ketones is 1. The van der Waals surface area contributed by atoms with E-state index in [1.807, 2.05) is 0 Å². The van der Waals surface area contributed by atoms with Crippen molar-refractivity contribution in [1.29, 1.82) is 0 Å². The number of rotatable bonds is 3. The maximum Gasteiger partial charge on any atom is 0.242 e. The lowest BCUT2D eigenvalue weighted by atomic mass is 10.0. The monoisotopic (exact) mass is 249 g/mol. The van der Waals surface area contributed by atoms with Crippen molar-refractivity contribution < 1.29 is 14.3 Å². The van der Waals surface area contributed by atoms with Crippen LogP contribution >= 0.6 is 0 Å². The summed E-state index contributed by atoms with van der Waals surface area (Å²) in [4.78, 5) is 27.4. The van der Waals surface area contributed by atoms with Gasteiger partial charge in [0, 0.05) is 26.3 Å². The number of carbonyl (C=O) groups excluding carboxylic acids is 2. The summed E-state index contributed by atoms with van der Waals surface area (Å²) < 4.78 is 5.00. The van der Waals surface area contributed by atoms with Crippen molar-refractivity contribution in [3.8, 4) is 0 Å². The first-order chi connectivity index (χ1) is 8.70. The number of Topliss-reactive ketones (excluding diaryl/α,β-unsaturated/α-hetero) is 1. The van der Waals surface area contributed by atoms with Crippen molar-refractivity contribution in [1.82, 2.24) is 10.3 Å². The van der Waals surface area contributed by atoms with E-state index < -0.39 is 12.1 Å². The highest BCUT2D eigenvalue weighted by Crippen LogP contribution is 2.10. The summed E-state index contributed by atoms with van der Waals surface area (Å²) >= 11 is 0. The predicted molar refractivity (Wildman–Crippen MR) is 65.1 cm³/mol. The molecule has 1 amide bonds. The van der Waals surface area contributed by atoms with Gasteiger partial charge in [-0.25, -0.2) is 0 Å². The Balaban J connectivity index is 1.93. The van der Waals surface area contributed by atoms with Crippen LogP contribution in [0.1, 0.15) is 6.42 Å². The molecule has 18 heavy (non-hydrogen) atoms. The predicted octanol–water partition coefficient (Wildman–Crippen LogP) is -0.0339. The zero-order chi connectivity index (χ0) is 13.0. The van der Waals surface area contributed by atoms with E-state index >= 15 is 0 Å². The zero-order valence-electron chi connectivity index (χ0n) is 10.1. The Morgan fingerprint density at radius 1 is 1.61 bits per heavy atom. The van der Waals surface area contributed by atoms with E-state index in [0.29, 0.717) is 12.2 Å². The van der Waals surface area contributed by atoms with Gasteiger partial charge in [-0.05, 0) is 12.1 Å². The van der Waals surface area contributed by atoms with Gasteiger partial charge >= 0.3 is 0 Å². The van der Waals surface area contributed by atoms with Gasteiger partial charge in [-0.3, -0.25) is 14.6 Å². The van der Waals surface area contributed by atoms with Crippen molar-refractivity contribution in [3.05, 3.63) is 24.5 Å². The first kappa shape index (κ1) is 12.7. The van der Waals surface area contributed by atoms with Crippen molar-refractivity contribution in [2.45, 2.75) is 18.6 Å². The van der Waals surface area contributed by atoms with Crippen LogP contribution in [0.3, 0.4) is 0 Å². The molecule has 2 heterocycles. The number of anilines is 1. The third-order valence-electron chi connectivity index (χ3n) is 2.84. The molecule has 2 unspecified atom stereocenters. The Hall–Kier alpha value is -1.79. The molecule has 0 spiro atoms. The lowest BCUT2D eigenvalue weighted by molar-refractivity contribution is -0.134. The summed E-state index contributed by atoms with van der Waals surface area (Å²) in [5.41, 5.74) is 0.616. The number of ether oxygens (including phenoxy) is 1. The van der Waals surface area contributed by atoms with E-state index in [-0.39, 0.29) is 18.1 Å². The second kappa shape index (κ2) is 5.70. The molecule has 96 valence electrons. The van der Waals surface area contributed by atoms with E-state index in [1.165, 1.54) is 7.11 Å². The van der Waals surface area contributed by atoms with E-state index in [2.05, 4.69) is 15.6 Å². The second-order valence-electron chi connectivity index (χ2n) is 4.09. The second-order valence-corrected chi connectivity index (χ2v) is 4.09. The number of nitrogens with zero attached hydrogens (tertiary/aromatic N) is 1. The number of methoxy groups -OCH3 is 1. The van der Waals surface area contributed by atoms with Crippen LogP contribution in [-0.2, 0) is 14.3 Å². The molecule has 1 saturated heterocycles. The van der Waals surface area contributed by atoms with Crippen LogP contribution in [0.15, 0.2) is 24.5 Å². The smallest absolute Gasteiger partial charge is 0.242 e. The number of carbonyl (C=O) groups is 2. The normalized spacial score (nSPS) is 23.7. The topological polar surface area (TPSA) is 80.3 Å². The number of hydrogen-bond acceptors (Lipinski definition) is 5. The standard InChI is InChI=1S/C12H15N3O3/c1-18-11-7-14-9(5-10(11)16)12(17)15-8-3-2-4-13-6-8/h2-4,6,9,11,14H,5,7H2,1H3,(H,15,17). The van der Waals surface area contributed by atoms with Crippen LogP contribution in [0, 0.1) is 0 Å². The van der Waals surface area contributed by atoms with Crippen molar-refractivity contribution in [2.24, 2.45) is 0 Å². The molecule has 1 aliphatic rings. The van der Waals surface area contributed by atoms with Gasteiger partial charge in [-0.1, -0.05) is 0 Å². The Bertz CT molecular complexity index is 435. The molecule has 0 bridgehead atoms. The van der Waals surface area contributed by atoms with Gasteiger partial charge in [0.05, 0.1) is 17.9 Å². The molecule has 0 saturated carbocycles. The van der Waals surface area contributed by atoms with Crippen molar-refractivity contribution >= 4 is 17.4 Å². The van der Waals surface area contributed by atoms with Crippen molar-refractivity contribution in [2.75, 3.05) is 19.0 Å². The highest BCUT2D eigenvalue weighted by molar-refractivity contribution is 5.99. The summed E-state index contributed by atoms with van der Waals surface area (Å²) in [6.07, 6.45) is 2.87. The number of nitrogens with one attached hydrogen (secondary N) is 2. The highest BCUT2D eigenvalue weighted by atomic mass is 16.5. The molecule has 6 heteroatoms. The molecule has 2 N–H and O–H groups in total. The van der Waals surface area contributed by atoms with Gasteiger partial charge in [0.15, 0.2) is 5.78 Å². The van der Waals surface area contributed by atoms with Crippen LogP contribution in [0.5, 0.6) is 0 Å². The fourth-order valence-corrected chi connectivity index (χ4v) is 1.83. The van der Waals surface area contributed by atoms with Crippen LogP contribution in [0.2, 0.25) is 0 Å². The maximum atomic E-state index is 11.9.